The Balaban J connectivity index is 3.73. The quantitative estimate of drug-likeness (QED) is 0.636. The molecule has 0 fully saturated rings. The lowest BCUT2D eigenvalue weighted by Crippen LogP contribution is -2.05. The molecule has 0 N–H and O–H groups in total. The average molecular weight is 246 g/mol. The minimum atomic E-state index is 0.238. The van der Waals surface area contributed by atoms with Crippen LogP contribution in [0.1, 0.15) is 55.4 Å². The van der Waals surface area contributed by atoms with E-state index in [-0.39, 0.29) is 5.78 Å². The largest absolute Gasteiger partial charge is 0.289 e. The van der Waals surface area contributed by atoms with Gasteiger partial charge < -0.3 is 0 Å². The van der Waals surface area contributed by atoms with Gasteiger partial charge in [0.05, 0.1) is 0 Å². The Morgan fingerprint density at radius 3 is 1.17 bits per heavy atom. The van der Waals surface area contributed by atoms with Gasteiger partial charge in [-0.2, -0.15) is 0 Å². The highest BCUT2D eigenvalue weighted by atomic mass is 16.1. The molecule has 0 aliphatic heterocycles. The van der Waals surface area contributed by atoms with Crippen LogP contribution in [0.4, 0.5) is 0 Å². The van der Waals surface area contributed by atoms with Crippen LogP contribution in [0.15, 0.2) is 33.4 Å². The lowest BCUT2D eigenvalue weighted by Gasteiger charge is -2.16. The van der Waals surface area contributed by atoms with Gasteiger partial charge in [0.25, 0.3) is 0 Å². The minimum Gasteiger partial charge on any atom is -0.289 e. The second-order valence-corrected chi connectivity index (χ2v) is 6.22. The maximum absolute atomic E-state index is 12.7. The van der Waals surface area contributed by atoms with E-state index >= 15 is 0 Å². The summed E-state index contributed by atoms with van der Waals surface area (Å²) in [6.45, 7) is 16.9. The van der Waals surface area contributed by atoms with Crippen molar-refractivity contribution in [3.8, 4) is 0 Å². The van der Waals surface area contributed by atoms with Crippen LogP contribution in [0.5, 0.6) is 0 Å². The molecule has 0 atom stereocenters. The molecule has 1 heteroatoms. The van der Waals surface area contributed by atoms with Gasteiger partial charge in [0.2, 0.25) is 0 Å². The number of allylic oxidation sites excluding steroid dienone is 6. The molecular weight excluding hydrogens is 220 g/mol. The van der Waals surface area contributed by atoms with Crippen molar-refractivity contribution in [2.75, 3.05) is 0 Å². The van der Waals surface area contributed by atoms with Crippen LogP contribution in [-0.2, 0) is 4.79 Å². The first kappa shape index (κ1) is 14.9. The van der Waals surface area contributed by atoms with E-state index in [0.717, 1.165) is 22.3 Å². The summed E-state index contributed by atoms with van der Waals surface area (Å²) in [5, 5.41) is 0. The molecule has 0 amide bonds. The smallest absolute Gasteiger partial charge is 0.193 e. The highest BCUT2D eigenvalue weighted by molar-refractivity contribution is 6.19. The Bertz CT molecular complexity index is 418. The van der Waals surface area contributed by atoms with E-state index in [0.29, 0.717) is 11.8 Å². The number of hydrogen-bond acceptors (Lipinski definition) is 1. The molecule has 18 heavy (non-hydrogen) atoms. The molecule has 0 aromatic carbocycles. The van der Waals surface area contributed by atoms with Crippen molar-refractivity contribution in [3.05, 3.63) is 33.4 Å². The van der Waals surface area contributed by atoms with Gasteiger partial charge in [-0.05, 0) is 50.7 Å². The summed E-state index contributed by atoms with van der Waals surface area (Å²) in [6.07, 6.45) is 0. The van der Waals surface area contributed by atoms with Crippen LogP contribution >= 0.6 is 0 Å². The molecule has 100 valence electrons. The van der Waals surface area contributed by atoms with Gasteiger partial charge in [0.1, 0.15) is 0 Å². The standard InChI is InChI=1S/C17H26O/c1-9(2)13-14(10(3)4)16(12(7)8)17(18)15(13)11(5)6/h9-10H,1-8H3. The third-order valence-electron chi connectivity index (χ3n) is 3.44. The summed E-state index contributed by atoms with van der Waals surface area (Å²) >= 11 is 0. The fourth-order valence-corrected chi connectivity index (χ4v) is 2.83. The Morgan fingerprint density at radius 2 is 1.00 bits per heavy atom. The molecule has 0 unspecified atom stereocenters. The summed E-state index contributed by atoms with van der Waals surface area (Å²) in [4.78, 5) is 12.7. The number of carbonyl (C=O) groups is 1. The zero-order valence-electron chi connectivity index (χ0n) is 13.1. The summed E-state index contributed by atoms with van der Waals surface area (Å²) < 4.78 is 0. The molecule has 0 spiro atoms. The van der Waals surface area contributed by atoms with Gasteiger partial charge in [-0.15, -0.1) is 0 Å². The molecule has 0 saturated heterocycles. The number of hydrogen-bond donors (Lipinski definition) is 0. The molecule has 0 bridgehead atoms. The molecule has 1 aliphatic rings. The number of Topliss-reactive ketones (excluding diaryl/α,β-unsaturated/α-hetero) is 1. The van der Waals surface area contributed by atoms with Gasteiger partial charge in [-0.1, -0.05) is 38.8 Å². The van der Waals surface area contributed by atoms with Crippen molar-refractivity contribution in [3.63, 3.8) is 0 Å². The van der Waals surface area contributed by atoms with Gasteiger partial charge in [-0.3, -0.25) is 4.79 Å². The Kier molecular flexibility index (Phi) is 4.37. The second-order valence-electron chi connectivity index (χ2n) is 6.22. The van der Waals surface area contributed by atoms with E-state index in [1.165, 1.54) is 11.1 Å². The zero-order chi connectivity index (χ0) is 14.2. The van der Waals surface area contributed by atoms with E-state index in [1.54, 1.807) is 0 Å². The van der Waals surface area contributed by atoms with Crippen LogP contribution in [0.2, 0.25) is 0 Å². The van der Waals surface area contributed by atoms with Crippen molar-refractivity contribution >= 4 is 5.78 Å². The van der Waals surface area contributed by atoms with Crippen LogP contribution in [0.3, 0.4) is 0 Å². The fourth-order valence-electron chi connectivity index (χ4n) is 2.83. The summed E-state index contributed by atoms with van der Waals surface area (Å²) in [7, 11) is 0. The molecule has 1 aliphatic carbocycles. The first-order valence-electron chi connectivity index (χ1n) is 6.84. The number of rotatable bonds is 2. The van der Waals surface area contributed by atoms with E-state index in [9.17, 15) is 4.79 Å². The van der Waals surface area contributed by atoms with E-state index < -0.39 is 0 Å². The second kappa shape index (κ2) is 5.26. The number of ketones is 1. The third-order valence-corrected chi connectivity index (χ3v) is 3.44. The fraction of sp³-hybridized carbons (Fsp3) is 0.588. The third kappa shape index (κ3) is 2.36. The molecule has 1 nitrogen and oxygen atoms in total. The highest BCUT2D eigenvalue weighted by Crippen LogP contribution is 2.43. The van der Waals surface area contributed by atoms with Crippen LogP contribution < -0.4 is 0 Å². The van der Waals surface area contributed by atoms with Crippen LogP contribution in [0.25, 0.3) is 0 Å². The Hall–Kier alpha value is -1.11. The molecule has 0 aromatic heterocycles. The van der Waals surface area contributed by atoms with Gasteiger partial charge in [-0.25, -0.2) is 0 Å². The lowest BCUT2D eigenvalue weighted by atomic mass is 9.88. The summed E-state index contributed by atoms with van der Waals surface area (Å²) in [6, 6.07) is 0. The summed E-state index contributed by atoms with van der Waals surface area (Å²) in [5.41, 5.74) is 6.74. The molecule has 0 aromatic rings. The molecule has 0 heterocycles. The van der Waals surface area contributed by atoms with Crippen molar-refractivity contribution in [2.45, 2.75) is 55.4 Å². The first-order valence-corrected chi connectivity index (χ1v) is 6.84. The number of carbonyl (C=O) groups excluding carboxylic acids is 1. The molecule has 0 saturated carbocycles. The molecule has 0 radical (unpaired) electrons. The van der Waals surface area contributed by atoms with E-state index in [2.05, 4.69) is 27.7 Å². The molecule has 1 rings (SSSR count). The SMILES string of the molecule is CC(C)=C1C(=O)C(=C(C)C)C(C(C)C)=C1C(C)C. The monoisotopic (exact) mass is 246 g/mol. The van der Waals surface area contributed by atoms with Gasteiger partial charge in [0, 0.05) is 11.1 Å². The maximum atomic E-state index is 12.7. The van der Waals surface area contributed by atoms with Crippen molar-refractivity contribution in [1.82, 2.24) is 0 Å². The predicted molar refractivity (Wildman–Crippen MR) is 78.5 cm³/mol. The normalized spacial score (nSPS) is 16.4. The van der Waals surface area contributed by atoms with Crippen molar-refractivity contribution in [2.24, 2.45) is 11.8 Å². The Labute approximate surface area is 112 Å². The Morgan fingerprint density at radius 1 is 0.722 bits per heavy atom. The predicted octanol–water partition coefficient (Wildman–Crippen LogP) is 4.85. The van der Waals surface area contributed by atoms with Gasteiger partial charge >= 0.3 is 0 Å². The summed E-state index contributed by atoms with van der Waals surface area (Å²) in [5.74, 6) is 1.03. The lowest BCUT2D eigenvalue weighted by molar-refractivity contribution is -0.111. The van der Waals surface area contributed by atoms with Crippen molar-refractivity contribution in [1.29, 1.82) is 0 Å². The maximum Gasteiger partial charge on any atom is 0.193 e. The topological polar surface area (TPSA) is 17.1 Å². The zero-order valence-corrected chi connectivity index (χ0v) is 13.1. The van der Waals surface area contributed by atoms with E-state index in [1.807, 2.05) is 27.7 Å². The molecular formula is C17H26O. The van der Waals surface area contributed by atoms with Crippen LogP contribution in [-0.4, -0.2) is 5.78 Å². The van der Waals surface area contributed by atoms with Crippen molar-refractivity contribution < 1.29 is 4.79 Å². The first-order chi connectivity index (χ1) is 8.20. The van der Waals surface area contributed by atoms with Crippen LogP contribution in [0, 0.1) is 11.8 Å². The average Bonchev–Trinajstić information content (AvgIpc) is 2.51. The minimum absolute atomic E-state index is 0.238. The highest BCUT2D eigenvalue weighted by Gasteiger charge is 2.35. The van der Waals surface area contributed by atoms with Gasteiger partial charge in [0.15, 0.2) is 5.78 Å². The van der Waals surface area contributed by atoms with E-state index in [4.69, 9.17) is 0 Å².